The van der Waals surface area contributed by atoms with Gasteiger partial charge in [-0.1, -0.05) is 48.0 Å². The average molecular weight is 402 g/mol. The third kappa shape index (κ3) is 3.08. The van der Waals surface area contributed by atoms with Gasteiger partial charge in [-0.15, -0.1) is 0 Å². The van der Waals surface area contributed by atoms with Crippen LogP contribution in [-0.2, 0) is 6.42 Å². The van der Waals surface area contributed by atoms with Crippen LogP contribution in [0.2, 0.25) is 0 Å². The van der Waals surface area contributed by atoms with Gasteiger partial charge in [-0.05, 0) is 40.6 Å². The Kier molecular flexibility index (Phi) is 4.54. The van der Waals surface area contributed by atoms with Crippen molar-refractivity contribution in [2.75, 3.05) is 0 Å². The van der Waals surface area contributed by atoms with Crippen LogP contribution >= 0.6 is 0 Å². The van der Waals surface area contributed by atoms with Crippen LogP contribution in [0.4, 0.5) is 0 Å². The number of benzene rings is 4. The summed E-state index contributed by atoms with van der Waals surface area (Å²) in [5.74, 6) is -3.35. The molecule has 4 rings (SSSR count). The molecule has 0 heterocycles. The molecule has 6 heteroatoms. The molecule has 0 aromatic heterocycles. The maximum Gasteiger partial charge on any atom is 0.339 e. The van der Waals surface area contributed by atoms with E-state index in [0.717, 1.165) is 5.56 Å². The molecule has 0 fully saturated rings. The summed E-state index contributed by atoms with van der Waals surface area (Å²) in [6.07, 6.45) is -0.0413. The zero-order valence-electron chi connectivity index (χ0n) is 16.0. The number of aromatic hydroxyl groups is 2. The number of phenols is 2. The first-order valence-electron chi connectivity index (χ1n) is 9.23. The van der Waals surface area contributed by atoms with Crippen LogP contribution in [0.3, 0.4) is 0 Å². The molecule has 0 saturated carbocycles. The molecule has 0 aliphatic rings. The number of carboxylic acid groups (broad SMARTS) is 2. The number of carboxylic acids is 2. The van der Waals surface area contributed by atoms with E-state index in [0.29, 0.717) is 32.7 Å². The van der Waals surface area contributed by atoms with Crippen molar-refractivity contribution < 1.29 is 30.0 Å². The van der Waals surface area contributed by atoms with Crippen LogP contribution in [-0.4, -0.2) is 32.4 Å². The molecule has 0 saturated heterocycles. The van der Waals surface area contributed by atoms with Crippen LogP contribution < -0.4 is 0 Å². The van der Waals surface area contributed by atoms with Crippen molar-refractivity contribution in [2.45, 2.75) is 13.3 Å². The summed E-state index contributed by atoms with van der Waals surface area (Å²) in [6.45, 7) is 1.88. The molecule has 30 heavy (non-hydrogen) atoms. The Morgan fingerprint density at radius 1 is 0.733 bits per heavy atom. The van der Waals surface area contributed by atoms with Crippen LogP contribution in [0.15, 0.2) is 54.6 Å². The smallest absolute Gasteiger partial charge is 0.339 e. The van der Waals surface area contributed by atoms with Crippen LogP contribution in [0.5, 0.6) is 11.5 Å². The number of aryl methyl sites for hydroxylation is 1. The monoisotopic (exact) mass is 402 g/mol. The van der Waals surface area contributed by atoms with Crippen LogP contribution in [0, 0.1) is 6.92 Å². The van der Waals surface area contributed by atoms with Gasteiger partial charge in [0.05, 0.1) is 0 Å². The van der Waals surface area contributed by atoms with Crippen LogP contribution in [0.25, 0.3) is 21.5 Å². The lowest BCUT2D eigenvalue weighted by molar-refractivity contribution is 0.0682. The highest BCUT2D eigenvalue weighted by molar-refractivity contribution is 6.02. The van der Waals surface area contributed by atoms with Gasteiger partial charge < -0.3 is 20.4 Å². The number of rotatable bonds is 4. The largest absolute Gasteiger partial charge is 0.507 e. The lowest BCUT2D eigenvalue weighted by Gasteiger charge is -2.16. The summed E-state index contributed by atoms with van der Waals surface area (Å²) in [4.78, 5) is 23.3. The van der Waals surface area contributed by atoms with Crippen molar-refractivity contribution in [1.29, 1.82) is 0 Å². The van der Waals surface area contributed by atoms with E-state index in [1.54, 1.807) is 30.3 Å². The predicted molar refractivity (Wildman–Crippen MR) is 113 cm³/mol. The van der Waals surface area contributed by atoms with Gasteiger partial charge in [0.25, 0.3) is 0 Å². The maximum absolute atomic E-state index is 11.7. The van der Waals surface area contributed by atoms with Crippen LogP contribution in [0.1, 0.15) is 37.4 Å². The highest BCUT2D eigenvalue weighted by Crippen LogP contribution is 2.39. The van der Waals surface area contributed by atoms with Gasteiger partial charge in [0, 0.05) is 17.5 Å². The first-order chi connectivity index (χ1) is 14.3. The molecule has 4 aromatic rings. The Balaban J connectivity index is 2.06. The molecule has 4 N–H and O–H groups in total. The molecule has 0 unspecified atom stereocenters. The number of aromatic carboxylic acids is 2. The lowest BCUT2D eigenvalue weighted by atomic mass is 9.90. The minimum absolute atomic E-state index is 0.0413. The normalized spacial score (nSPS) is 11.1. The summed E-state index contributed by atoms with van der Waals surface area (Å²) < 4.78 is 0. The third-order valence-corrected chi connectivity index (χ3v) is 5.32. The zero-order chi connectivity index (χ0) is 21.6. The molecule has 150 valence electrons. The molecule has 4 aromatic carbocycles. The number of hydrogen-bond donors (Lipinski definition) is 4. The second-order valence-electron chi connectivity index (χ2n) is 7.24. The van der Waals surface area contributed by atoms with E-state index in [-0.39, 0.29) is 17.5 Å². The molecule has 0 radical (unpaired) electrons. The van der Waals surface area contributed by atoms with E-state index in [1.807, 2.05) is 19.1 Å². The quantitative estimate of drug-likeness (QED) is 0.393. The Bertz CT molecular complexity index is 1350. The molecule has 0 amide bonds. The highest BCUT2D eigenvalue weighted by Gasteiger charge is 2.22. The zero-order valence-corrected chi connectivity index (χ0v) is 16.0. The van der Waals surface area contributed by atoms with Crippen molar-refractivity contribution in [3.05, 3.63) is 82.4 Å². The fraction of sp³-hybridized carbons (Fsp3) is 0.0833. The standard InChI is InChI=1S/C24H18O6/c1-12-6-7-14-10-20(24(29)30)22(26)18(16(14)8-12)11-17-15-5-3-2-4-13(15)9-19(21(17)25)23(27)28/h2-10,25-26H,11H2,1H3,(H,27,28)(H,29,30). The second kappa shape index (κ2) is 7.08. The van der Waals surface area contributed by atoms with Crippen molar-refractivity contribution in [3.63, 3.8) is 0 Å². The van der Waals surface area contributed by atoms with E-state index < -0.39 is 23.4 Å². The average Bonchev–Trinajstić information content (AvgIpc) is 2.70. The molecule has 6 nitrogen and oxygen atoms in total. The number of fused-ring (bicyclic) bond motifs is 2. The van der Waals surface area contributed by atoms with E-state index in [9.17, 15) is 30.0 Å². The van der Waals surface area contributed by atoms with Crippen molar-refractivity contribution >= 4 is 33.5 Å². The fourth-order valence-electron chi connectivity index (χ4n) is 3.84. The molecule has 0 aliphatic heterocycles. The van der Waals surface area contributed by atoms with Gasteiger partial charge in [-0.3, -0.25) is 0 Å². The summed E-state index contributed by atoms with van der Waals surface area (Å²) in [5.41, 5.74) is 1.04. The number of carbonyl (C=O) groups is 2. The maximum atomic E-state index is 11.7. The minimum atomic E-state index is -1.27. The molecule has 0 atom stereocenters. The fourth-order valence-corrected chi connectivity index (χ4v) is 3.84. The first-order valence-corrected chi connectivity index (χ1v) is 9.23. The van der Waals surface area contributed by atoms with Crippen molar-refractivity contribution in [3.8, 4) is 11.5 Å². The summed E-state index contributed by atoms with van der Waals surface area (Å²) >= 11 is 0. The van der Waals surface area contributed by atoms with Gasteiger partial charge in [0.15, 0.2) is 0 Å². The summed E-state index contributed by atoms with van der Waals surface area (Å²) in [5, 5.41) is 43.1. The molecule has 0 aliphatic carbocycles. The predicted octanol–water partition coefficient (Wildman–Crippen LogP) is 4.70. The van der Waals surface area contributed by atoms with Crippen molar-refractivity contribution in [1.82, 2.24) is 0 Å². The first kappa shape index (κ1) is 19.3. The van der Waals surface area contributed by atoms with Gasteiger partial charge in [0.2, 0.25) is 0 Å². The lowest BCUT2D eigenvalue weighted by Crippen LogP contribution is -2.04. The van der Waals surface area contributed by atoms with E-state index >= 15 is 0 Å². The van der Waals surface area contributed by atoms with Gasteiger partial charge >= 0.3 is 11.9 Å². The third-order valence-electron chi connectivity index (χ3n) is 5.32. The SMILES string of the molecule is Cc1ccc2cc(C(=O)O)c(O)c(Cc3c(O)c(C(=O)O)cc4ccccc34)c2c1. The van der Waals surface area contributed by atoms with Crippen molar-refractivity contribution in [2.24, 2.45) is 0 Å². The molecular formula is C24H18O6. The highest BCUT2D eigenvalue weighted by atomic mass is 16.4. The number of hydrogen-bond acceptors (Lipinski definition) is 4. The van der Waals surface area contributed by atoms with Gasteiger partial charge in [-0.2, -0.15) is 0 Å². The van der Waals surface area contributed by atoms with E-state index in [4.69, 9.17) is 0 Å². The Morgan fingerprint density at radius 2 is 1.27 bits per heavy atom. The Hall–Kier alpha value is -4.06. The second-order valence-corrected chi connectivity index (χ2v) is 7.24. The molecule has 0 spiro atoms. The molecular weight excluding hydrogens is 384 g/mol. The van der Waals surface area contributed by atoms with Gasteiger partial charge in [-0.25, -0.2) is 9.59 Å². The van der Waals surface area contributed by atoms with E-state index in [1.165, 1.54) is 12.1 Å². The minimum Gasteiger partial charge on any atom is -0.507 e. The summed E-state index contributed by atoms with van der Waals surface area (Å²) in [6, 6.07) is 15.3. The molecule has 0 bridgehead atoms. The van der Waals surface area contributed by atoms with Gasteiger partial charge in [0.1, 0.15) is 22.6 Å². The Labute approximate surface area is 171 Å². The summed E-state index contributed by atoms with van der Waals surface area (Å²) in [7, 11) is 0. The Morgan fingerprint density at radius 3 is 1.87 bits per heavy atom. The van der Waals surface area contributed by atoms with E-state index in [2.05, 4.69) is 0 Å². The topological polar surface area (TPSA) is 115 Å².